The minimum atomic E-state index is -0.683. The van der Waals surface area contributed by atoms with Gasteiger partial charge in [-0.15, -0.1) is 0 Å². The van der Waals surface area contributed by atoms with E-state index in [1.54, 1.807) is 12.1 Å². The van der Waals surface area contributed by atoms with Crippen molar-refractivity contribution in [2.24, 2.45) is 11.7 Å². The number of carbonyl (C=O) groups is 1. The SMILES string of the molecule is CCC(Nc1ccc(F)cc1)(C(N)=O)C1CC1. The van der Waals surface area contributed by atoms with E-state index in [-0.39, 0.29) is 11.7 Å². The highest BCUT2D eigenvalue weighted by atomic mass is 19.1. The van der Waals surface area contributed by atoms with Crippen LogP contribution in [0.5, 0.6) is 0 Å². The van der Waals surface area contributed by atoms with Gasteiger partial charge >= 0.3 is 0 Å². The number of nitrogens with two attached hydrogens (primary N) is 1. The van der Waals surface area contributed by atoms with Gasteiger partial charge in [0.05, 0.1) is 0 Å². The summed E-state index contributed by atoms with van der Waals surface area (Å²) in [5, 5.41) is 3.19. The van der Waals surface area contributed by atoms with Crippen molar-refractivity contribution in [3.63, 3.8) is 0 Å². The van der Waals surface area contributed by atoms with Gasteiger partial charge in [-0.25, -0.2) is 4.39 Å². The summed E-state index contributed by atoms with van der Waals surface area (Å²) in [4.78, 5) is 11.7. The van der Waals surface area contributed by atoms with Crippen molar-refractivity contribution in [1.29, 1.82) is 0 Å². The quantitative estimate of drug-likeness (QED) is 0.824. The maximum absolute atomic E-state index is 12.8. The molecule has 0 bridgehead atoms. The van der Waals surface area contributed by atoms with Crippen LogP contribution in [0.1, 0.15) is 26.2 Å². The Morgan fingerprint density at radius 2 is 2.06 bits per heavy atom. The first-order valence-electron chi connectivity index (χ1n) is 5.92. The molecule has 1 aromatic rings. The van der Waals surface area contributed by atoms with E-state index >= 15 is 0 Å². The van der Waals surface area contributed by atoms with Crippen LogP contribution in [-0.2, 0) is 4.79 Å². The van der Waals surface area contributed by atoms with Crippen molar-refractivity contribution >= 4 is 11.6 Å². The molecule has 0 radical (unpaired) electrons. The van der Waals surface area contributed by atoms with Gasteiger partial charge in [0.2, 0.25) is 5.91 Å². The van der Waals surface area contributed by atoms with Gasteiger partial charge in [0, 0.05) is 5.69 Å². The zero-order valence-electron chi connectivity index (χ0n) is 9.87. The molecular weight excluding hydrogens is 219 g/mol. The number of halogens is 1. The summed E-state index contributed by atoms with van der Waals surface area (Å²) in [7, 11) is 0. The number of amides is 1. The average Bonchev–Trinajstić information content (AvgIpc) is 3.12. The molecule has 17 heavy (non-hydrogen) atoms. The molecule has 0 spiro atoms. The monoisotopic (exact) mass is 236 g/mol. The third-order valence-electron chi connectivity index (χ3n) is 3.48. The summed E-state index contributed by atoms with van der Waals surface area (Å²) in [5.41, 5.74) is 5.58. The first kappa shape index (κ1) is 11.9. The van der Waals surface area contributed by atoms with E-state index in [2.05, 4.69) is 5.32 Å². The Kier molecular flexibility index (Phi) is 3.05. The predicted octanol–water partition coefficient (Wildman–Crippen LogP) is 2.28. The number of hydrogen-bond acceptors (Lipinski definition) is 2. The Morgan fingerprint density at radius 1 is 1.47 bits per heavy atom. The summed E-state index contributed by atoms with van der Waals surface area (Å²) in [5.74, 6) is -0.315. The fraction of sp³-hybridized carbons (Fsp3) is 0.462. The second kappa shape index (κ2) is 4.35. The number of nitrogens with one attached hydrogen (secondary N) is 1. The third kappa shape index (κ3) is 2.25. The highest BCUT2D eigenvalue weighted by Crippen LogP contribution is 2.43. The minimum absolute atomic E-state index is 0.289. The van der Waals surface area contributed by atoms with Crippen LogP contribution in [0.15, 0.2) is 24.3 Å². The average molecular weight is 236 g/mol. The van der Waals surface area contributed by atoms with Gasteiger partial charge in [-0.1, -0.05) is 6.92 Å². The molecule has 3 N–H and O–H groups in total. The van der Waals surface area contributed by atoms with Gasteiger partial charge in [0.1, 0.15) is 11.4 Å². The number of carbonyl (C=O) groups excluding carboxylic acids is 1. The molecule has 1 aliphatic carbocycles. The molecule has 4 heteroatoms. The van der Waals surface area contributed by atoms with Gasteiger partial charge in [-0.05, 0) is 49.4 Å². The Labute approximate surface area is 100 Å². The van der Waals surface area contributed by atoms with Gasteiger partial charge in [0.15, 0.2) is 0 Å². The molecule has 2 rings (SSSR count). The second-order valence-corrected chi connectivity index (χ2v) is 4.60. The summed E-state index contributed by atoms with van der Waals surface area (Å²) in [6.45, 7) is 1.94. The molecule has 1 amide bonds. The molecule has 0 aromatic heterocycles. The van der Waals surface area contributed by atoms with Crippen molar-refractivity contribution in [2.75, 3.05) is 5.32 Å². The standard InChI is InChI=1S/C13H17FN2O/c1-2-13(12(15)17,9-3-4-9)16-11-7-5-10(14)6-8-11/h5-9,16H,2-4H2,1H3,(H2,15,17). The molecule has 1 unspecified atom stereocenters. The van der Waals surface area contributed by atoms with E-state index in [1.165, 1.54) is 12.1 Å². The molecule has 92 valence electrons. The number of primary amides is 1. The maximum Gasteiger partial charge on any atom is 0.243 e. The van der Waals surface area contributed by atoms with Gasteiger partial charge in [-0.3, -0.25) is 4.79 Å². The lowest BCUT2D eigenvalue weighted by molar-refractivity contribution is -0.123. The summed E-state index contributed by atoms with van der Waals surface area (Å²) in [6, 6.07) is 6.00. The molecular formula is C13H17FN2O. The fourth-order valence-corrected chi connectivity index (χ4v) is 2.28. The van der Waals surface area contributed by atoms with Crippen LogP contribution in [0.4, 0.5) is 10.1 Å². The first-order valence-corrected chi connectivity index (χ1v) is 5.92. The van der Waals surface area contributed by atoms with Crippen LogP contribution >= 0.6 is 0 Å². The molecule has 0 heterocycles. The summed E-state index contributed by atoms with van der Waals surface area (Å²) in [6.07, 6.45) is 2.68. The molecule has 1 aliphatic rings. The normalized spacial score (nSPS) is 18.5. The van der Waals surface area contributed by atoms with E-state index in [0.29, 0.717) is 12.3 Å². The topological polar surface area (TPSA) is 55.1 Å². The van der Waals surface area contributed by atoms with Crippen LogP contribution in [0.3, 0.4) is 0 Å². The number of benzene rings is 1. The Bertz CT molecular complexity index is 414. The van der Waals surface area contributed by atoms with E-state index < -0.39 is 5.54 Å². The molecule has 1 aromatic carbocycles. The zero-order chi connectivity index (χ0) is 12.5. The molecule has 0 aliphatic heterocycles. The minimum Gasteiger partial charge on any atom is -0.371 e. The van der Waals surface area contributed by atoms with Gasteiger partial charge < -0.3 is 11.1 Å². The number of rotatable bonds is 5. The lowest BCUT2D eigenvalue weighted by atomic mass is 9.89. The predicted molar refractivity (Wildman–Crippen MR) is 65.0 cm³/mol. The van der Waals surface area contributed by atoms with Gasteiger partial charge in [0.25, 0.3) is 0 Å². The van der Waals surface area contributed by atoms with Crippen LogP contribution in [-0.4, -0.2) is 11.4 Å². The zero-order valence-corrected chi connectivity index (χ0v) is 9.87. The molecule has 1 atom stereocenters. The van der Waals surface area contributed by atoms with Crippen molar-refractivity contribution in [2.45, 2.75) is 31.7 Å². The third-order valence-corrected chi connectivity index (χ3v) is 3.48. The van der Waals surface area contributed by atoms with Crippen molar-refractivity contribution in [3.05, 3.63) is 30.1 Å². The molecule has 1 saturated carbocycles. The van der Waals surface area contributed by atoms with E-state index in [4.69, 9.17) is 5.73 Å². The van der Waals surface area contributed by atoms with Crippen LogP contribution in [0.25, 0.3) is 0 Å². The summed E-state index contributed by atoms with van der Waals surface area (Å²) < 4.78 is 12.8. The maximum atomic E-state index is 12.8. The number of anilines is 1. The van der Waals surface area contributed by atoms with E-state index in [9.17, 15) is 9.18 Å². The second-order valence-electron chi connectivity index (χ2n) is 4.60. The van der Waals surface area contributed by atoms with Crippen LogP contribution in [0.2, 0.25) is 0 Å². The van der Waals surface area contributed by atoms with Crippen LogP contribution < -0.4 is 11.1 Å². The fourth-order valence-electron chi connectivity index (χ4n) is 2.28. The van der Waals surface area contributed by atoms with Gasteiger partial charge in [-0.2, -0.15) is 0 Å². The Balaban J connectivity index is 2.23. The Morgan fingerprint density at radius 3 is 2.47 bits per heavy atom. The van der Waals surface area contributed by atoms with Crippen LogP contribution in [0, 0.1) is 11.7 Å². The smallest absolute Gasteiger partial charge is 0.243 e. The summed E-state index contributed by atoms with van der Waals surface area (Å²) >= 11 is 0. The molecule has 1 fully saturated rings. The van der Waals surface area contributed by atoms with E-state index in [1.807, 2.05) is 6.92 Å². The largest absolute Gasteiger partial charge is 0.371 e. The molecule has 0 saturated heterocycles. The molecule has 3 nitrogen and oxygen atoms in total. The lowest BCUT2D eigenvalue weighted by Crippen LogP contribution is -2.52. The van der Waals surface area contributed by atoms with Crippen molar-refractivity contribution in [1.82, 2.24) is 0 Å². The first-order chi connectivity index (χ1) is 8.08. The number of hydrogen-bond donors (Lipinski definition) is 2. The van der Waals surface area contributed by atoms with Crippen molar-refractivity contribution in [3.8, 4) is 0 Å². The van der Waals surface area contributed by atoms with E-state index in [0.717, 1.165) is 18.5 Å². The highest BCUT2D eigenvalue weighted by molar-refractivity contribution is 5.88. The van der Waals surface area contributed by atoms with Crippen molar-refractivity contribution < 1.29 is 9.18 Å². The lowest BCUT2D eigenvalue weighted by Gasteiger charge is -2.31. The Hall–Kier alpha value is -1.58. The highest BCUT2D eigenvalue weighted by Gasteiger charge is 2.48.